The van der Waals surface area contributed by atoms with Gasteiger partial charge >= 0.3 is 0 Å². The molecule has 3 aromatic rings. The fourth-order valence-corrected chi connectivity index (χ4v) is 5.26. The summed E-state index contributed by atoms with van der Waals surface area (Å²) < 4.78 is 1.54. The van der Waals surface area contributed by atoms with Crippen LogP contribution in [0.1, 0.15) is 44.6 Å². The number of nitriles is 1. The number of benzene rings is 2. The van der Waals surface area contributed by atoms with Gasteiger partial charge in [-0.1, -0.05) is 43.2 Å². The number of hydrogen-bond acceptors (Lipinski definition) is 5. The van der Waals surface area contributed by atoms with E-state index >= 15 is 0 Å². The highest BCUT2D eigenvalue weighted by Crippen LogP contribution is 2.25. The molecule has 6 nitrogen and oxygen atoms in total. The van der Waals surface area contributed by atoms with Crippen LogP contribution in [0.4, 0.5) is 0 Å². The minimum atomic E-state index is -0.185. The number of thioether (sulfide) groups is 1. The van der Waals surface area contributed by atoms with Crippen LogP contribution in [0.2, 0.25) is 0 Å². The quantitative estimate of drug-likeness (QED) is 0.411. The molecular weight excluding hydrogens is 420 g/mol. The lowest BCUT2D eigenvalue weighted by Gasteiger charge is -2.33. The number of fused-ring (bicyclic) bond motifs is 1. The van der Waals surface area contributed by atoms with Crippen LogP contribution in [0.5, 0.6) is 0 Å². The SMILES string of the molecule is CCN(C(=O)CSc1nc2ccccc2c(=O)n1-c1ccc(C#N)cc1)C1CCCCC1. The number of nitrogens with zero attached hydrogens (tertiary/aromatic N) is 4. The zero-order valence-electron chi connectivity index (χ0n) is 18.2. The molecule has 32 heavy (non-hydrogen) atoms. The van der Waals surface area contributed by atoms with Crippen LogP contribution in [0.15, 0.2) is 58.5 Å². The first-order valence-corrected chi connectivity index (χ1v) is 12.1. The summed E-state index contributed by atoms with van der Waals surface area (Å²) in [6, 6.07) is 16.5. The summed E-state index contributed by atoms with van der Waals surface area (Å²) >= 11 is 1.29. The van der Waals surface area contributed by atoms with Gasteiger partial charge in [0, 0.05) is 12.6 Å². The summed E-state index contributed by atoms with van der Waals surface area (Å²) in [7, 11) is 0. The molecule has 0 bridgehead atoms. The lowest BCUT2D eigenvalue weighted by Crippen LogP contribution is -2.42. The maximum absolute atomic E-state index is 13.3. The van der Waals surface area contributed by atoms with Gasteiger partial charge < -0.3 is 4.90 Å². The summed E-state index contributed by atoms with van der Waals surface area (Å²) in [6.07, 6.45) is 5.72. The van der Waals surface area contributed by atoms with E-state index in [1.54, 1.807) is 34.9 Å². The molecule has 0 saturated heterocycles. The fraction of sp³-hybridized carbons (Fsp3) is 0.360. The van der Waals surface area contributed by atoms with Crippen molar-refractivity contribution < 1.29 is 4.79 Å². The average Bonchev–Trinajstić information content (AvgIpc) is 2.84. The number of amides is 1. The van der Waals surface area contributed by atoms with E-state index < -0.39 is 0 Å². The summed E-state index contributed by atoms with van der Waals surface area (Å²) in [5, 5.41) is 10.1. The van der Waals surface area contributed by atoms with E-state index in [0.717, 1.165) is 12.8 Å². The largest absolute Gasteiger partial charge is 0.339 e. The van der Waals surface area contributed by atoms with Crippen molar-refractivity contribution in [3.05, 3.63) is 64.4 Å². The minimum Gasteiger partial charge on any atom is -0.339 e. The zero-order chi connectivity index (χ0) is 22.5. The van der Waals surface area contributed by atoms with Gasteiger partial charge in [-0.05, 0) is 56.2 Å². The molecule has 1 amide bonds. The Morgan fingerprint density at radius 1 is 1.16 bits per heavy atom. The standard InChI is InChI=1S/C25H26N4O2S/c1-2-28(19-8-4-3-5-9-19)23(30)17-32-25-27-22-11-7-6-10-21(22)24(31)29(25)20-14-12-18(16-26)13-15-20/h6-7,10-15,19H,2-5,8-9,17H2,1H3. The number of carbonyl (C=O) groups excluding carboxylic acids is 1. The first kappa shape index (κ1) is 22.1. The highest BCUT2D eigenvalue weighted by atomic mass is 32.2. The lowest BCUT2D eigenvalue weighted by molar-refractivity contribution is -0.131. The van der Waals surface area contributed by atoms with Crippen molar-refractivity contribution in [2.75, 3.05) is 12.3 Å². The van der Waals surface area contributed by atoms with Crippen LogP contribution in [-0.4, -0.2) is 38.7 Å². The number of para-hydroxylation sites is 1. The van der Waals surface area contributed by atoms with Gasteiger partial charge in [0.15, 0.2) is 5.16 Å². The molecule has 0 unspecified atom stereocenters. The second-order valence-electron chi connectivity index (χ2n) is 7.97. The predicted octanol–water partition coefficient (Wildman–Crippen LogP) is 4.53. The van der Waals surface area contributed by atoms with Gasteiger partial charge in [-0.25, -0.2) is 4.98 Å². The third-order valence-electron chi connectivity index (χ3n) is 6.00. The van der Waals surface area contributed by atoms with Crippen molar-refractivity contribution in [2.24, 2.45) is 0 Å². The maximum atomic E-state index is 13.3. The molecule has 0 spiro atoms. The predicted molar refractivity (Wildman–Crippen MR) is 127 cm³/mol. The van der Waals surface area contributed by atoms with Crippen molar-refractivity contribution in [3.8, 4) is 11.8 Å². The van der Waals surface area contributed by atoms with Crippen molar-refractivity contribution in [3.63, 3.8) is 0 Å². The molecule has 0 aliphatic heterocycles. The molecule has 1 aliphatic carbocycles. The number of carbonyl (C=O) groups is 1. The molecule has 0 N–H and O–H groups in total. The van der Waals surface area contributed by atoms with Gasteiger partial charge in [-0.15, -0.1) is 0 Å². The van der Waals surface area contributed by atoms with Crippen molar-refractivity contribution >= 4 is 28.6 Å². The van der Waals surface area contributed by atoms with Crippen LogP contribution in [-0.2, 0) is 4.79 Å². The molecular formula is C25H26N4O2S. The molecule has 7 heteroatoms. The van der Waals surface area contributed by atoms with Gasteiger partial charge in [0.25, 0.3) is 5.56 Å². The van der Waals surface area contributed by atoms with Crippen molar-refractivity contribution in [2.45, 2.75) is 50.2 Å². The Balaban J connectivity index is 1.67. The molecule has 2 aromatic carbocycles. The monoisotopic (exact) mass is 446 g/mol. The molecule has 0 radical (unpaired) electrons. The summed E-state index contributed by atoms with van der Waals surface area (Å²) in [4.78, 5) is 33.1. The van der Waals surface area contributed by atoms with Crippen molar-refractivity contribution in [1.82, 2.24) is 14.5 Å². The Kier molecular flexibility index (Phi) is 6.91. The van der Waals surface area contributed by atoms with E-state index in [9.17, 15) is 9.59 Å². The Morgan fingerprint density at radius 3 is 2.56 bits per heavy atom. The molecule has 1 aliphatic rings. The molecule has 1 heterocycles. The molecule has 4 rings (SSSR count). The van der Waals surface area contributed by atoms with E-state index in [2.05, 4.69) is 6.07 Å². The Hall–Kier alpha value is -3.11. The average molecular weight is 447 g/mol. The first-order chi connectivity index (χ1) is 15.6. The maximum Gasteiger partial charge on any atom is 0.266 e. The molecule has 1 fully saturated rings. The van der Waals surface area contributed by atoms with Crippen molar-refractivity contribution in [1.29, 1.82) is 5.26 Å². The smallest absolute Gasteiger partial charge is 0.266 e. The van der Waals surface area contributed by atoms with E-state index in [1.165, 1.54) is 31.0 Å². The minimum absolute atomic E-state index is 0.0817. The van der Waals surface area contributed by atoms with Crippen LogP contribution in [0, 0.1) is 11.3 Å². The second-order valence-corrected chi connectivity index (χ2v) is 8.91. The topological polar surface area (TPSA) is 79.0 Å². The number of hydrogen-bond donors (Lipinski definition) is 0. The molecule has 0 atom stereocenters. The first-order valence-electron chi connectivity index (χ1n) is 11.1. The van der Waals surface area contributed by atoms with Gasteiger partial charge in [-0.3, -0.25) is 14.2 Å². The molecule has 1 aromatic heterocycles. The van der Waals surface area contributed by atoms with Crippen LogP contribution in [0.3, 0.4) is 0 Å². The Morgan fingerprint density at radius 2 is 1.88 bits per heavy atom. The molecule has 164 valence electrons. The highest BCUT2D eigenvalue weighted by Gasteiger charge is 2.24. The Bertz CT molecular complexity index is 1210. The summed E-state index contributed by atoms with van der Waals surface area (Å²) in [5.41, 5.74) is 1.57. The third-order valence-corrected chi connectivity index (χ3v) is 6.92. The van der Waals surface area contributed by atoms with Gasteiger partial charge in [0.2, 0.25) is 5.91 Å². The van der Waals surface area contributed by atoms with E-state index in [-0.39, 0.29) is 17.2 Å². The zero-order valence-corrected chi connectivity index (χ0v) is 19.0. The normalized spacial score (nSPS) is 14.2. The van der Waals surface area contributed by atoms with Crippen LogP contribution < -0.4 is 5.56 Å². The molecule has 1 saturated carbocycles. The highest BCUT2D eigenvalue weighted by molar-refractivity contribution is 7.99. The Labute approximate surface area is 191 Å². The van der Waals surface area contributed by atoms with Crippen LogP contribution in [0.25, 0.3) is 16.6 Å². The van der Waals surface area contributed by atoms with Crippen LogP contribution >= 0.6 is 11.8 Å². The van der Waals surface area contributed by atoms with E-state index in [4.69, 9.17) is 10.2 Å². The van der Waals surface area contributed by atoms with E-state index in [1.807, 2.05) is 30.0 Å². The van der Waals surface area contributed by atoms with Gasteiger partial charge in [0.1, 0.15) is 0 Å². The lowest BCUT2D eigenvalue weighted by atomic mass is 9.94. The fourth-order valence-electron chi connectivity index (χ4n) is 4.36. The van der Waals surface area contributed by atoms with Gasteiger partial charge in [0.05, 0.1) is 34.0 Å². The third kappa shape index (κ3) is 4.56. The summed E-state index contributed by atoms with van der Waals surface area (Å²) in [6.45, 7) is 2.72. The number of rotatable bonds is 6. The number of aromatic nitrogens is 2. The second kappa shape index (κ2) is 10.0. The van der Waals surface area contributed by atoms with E-state index in [0.29, 0.717) is 39.9 Å². The summed E-state index contributed by atoms with van der Waals surface area (Å²) in [5.74, 6) is 0.309. The van der Waals surface area contributed by atoms with Gasteiger partial charge in [-0.2, -0.15) is 5.26 Å².